The fraction of sp³-hybridized carbons (Fsp3) is 0.471. The Bertz CT molecular complexity index is 675. The van der Waals surface area contributed by atoms with Crippen LogP contribution < -0.4 is 20.3 Å². The number of carbonyl (C=O) groups is 3. The molecule has 0 saturated heterocycles. The van der Waals surface area contributed by atoms with Gasteiger partial charge in [-0.1, -0.05) is 0 Å². The van der Waals surface area contributed by atoms with Crippen molar-refractivity contribution in [2.45, 2.75) is 12.5 Å². The highest BCUT2D eigenvalue weighted by Crippen LogP contribution is 2.34. The number of fused-ring (bicyclic) bond motifs is 1. The average Bonchev–Trinajstić information content (AvgIpc) is 2.61. The number of hydrogen-bond acceptors (Lipinski definition) is 5. The number of nitrogens with one attached hydrogen (secondary N) is 2. The van der Waals surface area contributed by atoms with Crippen LogP contribution in [0.2, 0.25) is 0 Å². The summed E-state index contributed by atoms with van der Waals surface area (Å²) in [6.07, 6.45) is 0.193. The van der Waals surface area contributed by atoms with Gasteiger partial charge in [-0.15, -0.1) is 0 Å². The van der Waals surface area contributed by atoms with Crippen LogP contribution in [0.5, 0.6) is 5.75 Å². The lowest BCUT2D eigenvalue weighted by atomic mass is 10.1. The average molecular weight is 348 g/mol. The summed E-state index contributed by atoms with van der Waals surface area (Å²) in [5, 5.41) is 5.02. The lowest BCUT2D eigenvalue weighted by molar-refractivity contribution is -0.126. The van der Waals surface area contributed by atoms with Crippen molar-refractivity contribution in [1.29, 1.82) is 0 Å². The zero-order valence-corrected chi connectivity index (χ0v) is 15.0. The topological polar surface area (TPSA) is 91.0 Å². The van der Waals surface area contributed by atoms with Crippen molar-refractivity contribution in [2.75, 3.05) is 46.2 Å². The van der Waals surface area contributed by atoms with Crippen molar-refractivity contribution >= 4 is 23.4 Å². The SMILES string of the molecule is CNC(=O)CNC(=O)C[C@H]1COc2ccc(C(=O)N(C)C)cc2N1C. The molecule has 1 aromatic rings. The molecule has 1 heterocycles. The van der Waals surface area contributed by atoms with Crippen molar-refractivity contribution in [3.05, 3.63) is 23.8 Å². The van der Waals surface area contributed by atoms with E-state index in [1.54, 1.807) is 32.3 Å². The first-order valence-electron chi connectivity index (χ1n) is 8.02. The maximum atomic E-state index is 12.1. The predicted octanol–water partition coefficient (Wildman–Crippen LogP) is -0.162. The molecule has 3 amide bonds. The zero-order valence-electron chi connectivity index (χ0n) is 15.0. The van der Waals surface area contributed by atoms with Gasteiger partial charge in [-0.25, -0.2) is 0 Å². The largest absolute Gasteiger partial charge is 0.489 e. The van der Waals surface area contributed by atoms with Gasteiger partial charge in [-0.05, 0) is 18.2 Å². The Balaban J connectivity index is 2.07. The second-order valence-electron chi connectivity index (χ2n) is 6.11. The third-order valence-electron chi connectivity index (χ3n) is 4.12. The molecule has 0 unspecified atom stereocenters. The van der Waals surface area contributed by atoms with Crippen molar-refractivity contribution < 1.29 is 19.1 Å². The molecule has 8 heteroatoms. The summed E-state index contributed by atoms with van der Waals surface area (Å²) in [6, 6.07) is 5.09. The summed E-state index contributed by atoms with van der Waals surface area (Å²) in [5.41, 5.74) is 1.33. The third-order valence-corrected chi connectivity index (χ3v) is 4.12. The number of anilines is 1. The quantitative estimate of drug-likeness (QED) is 0.771. The molecule has 0 saturated carbocycles. The van der Waals surface area contributed by atoms with Crippen LogP contribution in [-0.4, -0.2) is 70.0 Å². The second-order valence-corrected chi connectivity index (χ2v) is 6.11. The minimum Gasteiger partial charge on any atom is -0.489 e. The Morgan fingerprint density at radius 1 is 1.28 bits per heavy atom. The van der Waals surface area contributed by atoms with Crippen molar-refractivity contribution in [2.24, 2.45) is 0 Å². The Kier molecular flexibility index (Phi) is 5.84. The van der Waals surface area contributed by atoms with E-state index in [4.69, 9.17) is 4.74 Å². The molecule has 1 aliphatic rings. The van der Waals surface area contributed by atoms with E-state index in [1.807, 2.05) is 11.9 Å². The Morgan fingerprint density at radius 2 is 2.00 bits per heavy atom. The summed E-state index contributed by atoms with van der Waals surface area (Å²) >= 11 is 0. The van der Waals surface area contributed by atoms with Gasteiger partial charge in [-0.3, -0.25) is 14.4 Å². The number of hydrogen-bond donors (Lipinski definition) is 2. The molecule has 1 aromatic carbocycles. The molecule has 1 atom stereocenters. The van der Waals surface area contributed by atoms with Crippen LogP contribution in [-0.2, 0) is 9.59 Å². The molecule has 2 rings (SSSR count). The van der Waals surface area contributed by atoms with E-state index in [0.29, 0.717) is 17.9 Å². The van der Waals surface area contributed by atoms with Gasteiger partial charge in [0.25, 0.3) is 5.91 Å². The van der Waals surface area contributed by atoms with Crippen LogP contribution in [0.25, 0.3) is 0 Å². The molecule has 8 nitrogen and oxygen atoms in total. The maximum absolute atomic E-state index is 12.1. The lowest BCUT2D eigenvalue weighted by Gasteiger charge is -2.35. The number of nitrogens with zero attached hydrogens (tertiary/aromatic N) is 2. The molecule has 0 fully saturated rings. The van der Waals surface area contributed by atoms with Gasteiger partial charge in [0.2, 0.25) is 11.8 Å². The van der Waals surface area contributed by atoms with E-state index in [-0.39, 0.29) is 36.7 Å². The van der Waals surface area contributed by atoms with Crippen molar-refractivity contribution in [3.63, 3.8) is 0 Å². The van der Waals surface area contributed by atoms with E-state index in [1.165, 1.54) is 11.9 Å². The lowest BCUT2D eigenvalue weighted by Crippen LogP contribution is -2.45. The summed E-state index contributed by atoms with van der Waals surface area (Å²) in [6.45, 7) is 0.308. The molecule has 0 radical (unpaired) electrons. The zero-order chi connectivity index (χ0) is 18.6. The van der Waals surface area contributed by atoms with Crippen LogP contribution in [0.3, 0.4) is 0 Å². The molecular formula is C17H24N4O4. The highest BCUT2D eigenvalue weighted by Gasteiger charge is 2.27. The number of ether oxygens (including phenoxy) is 1. The number of rotatable bonds is 5. The van der Waals surface area contributed by atoms with Gasteiger partial charge >= 0.3 is 0 Å². The van der Waals surface area contributed by atoms with E-state index in [2.05, 4.69) is 10.6 Å². The summed E-state index contributed by atoms with van der Waals surface area (Å²) in [5.74, 6) is 0.105. The van der Waals surface area contributed by atoms with E-state index in [0.717, 1.165) is 5.69 Å². The van der Waals surface area contributed by atoms with Crippen LogP contribution in [0.1, 0.15) is 16.8 Å². The Hall–Kier alpha value is -2.77. The molecule has 1 aliphatic heterocycles. The highest BCUT2D eigenvalue weighted by molar-refractivity contribution is 5.95. The van der Waals surface area contributed by atoms with E-state index >= 15 is 0 Å². The fourth-order valence-electron chi connectivity index (χ4n) is 2.55. The summed E-state index contributed by atoms with van der Waals surface area (Å²) in [7, 11) is 6.77. The number of benzene rings is 1. The molecule has 136 valence electrons. The minimum absolute atomic E-state index is 0.0509. The van der Waals surface area contributed by atoms with Crippen molar-refractivity contribution in [3.8, 4) is 5.75 Å². The molecule has 0 aromatic heterocycles. The molecule has 2 N–H and O–H groups in total. The number of likely N-dealkylation sites (N-methyl/N-ethyl adjacent to an activating group) is 2. The van der Waals surface area contributed by atoms with Gasteiger partial charge in [0.1, 0.15) is 12.4 Å². The monoisotopic (exact) mass is 348 g/mol. The molecule has 0 spiro atoms. The molecular weight excluding hydrogens is 324 g/mol. The fourth-order valence-corrected chi connectivity index (χ4v) is 2.55. The molecule has 0 aliphatic carbocycles. The van der Waals surface area contributed by atoms with Crippen LogP contribution in [0.4, 0.5) is 5.69 Å². The first-order chi connectivity index (χ1) is 11.8. The van der Waals surface area contributed by atoms with Crippen molar-refractivity contribution in [1.82, 2.24) is 15.5 Å². The first kappa shape index (κ1) is 18.6. The minimum atomic E-state index is -0.251. The van der Waals surface area contributed by atoms with Crippen LogP contribution in [0.15, 0.2) is 18.2 Å². The summed E-state index contributed by atoms with van der Waals surface area (Å²) < 4.78 is 5.72. The highest BCUT2D eigenvalue weighted by atomic mass is 16.5. The standard InChI is InChI=1S/C17H24N4O4/c1-18-16(23)9-19-15(22)8-12-10-25-14-6-5-11(17(24)20(2)3)7-13(14)21(12)4/h5-7,12H,8-10H2,1-4H3,(H,18,23)(H,19,22)/t12-/m0/s1. The summed E-state index contributed by atoms with van der Waals surface area (Å²) in [4.78, 5) is 38.8. The van der Waals surface area contributed by atoms with Crippen LogP contribution in [0, 0.1) is 0 Å². The molecule has 0 bridgehead atoms. The van der Waals surface area contributed by atoms with E-state index in [9.17, 15) is 14.4 Å². The number of amides is 3. The smallest absolute Gasteiger partial charge is 0.253 e. The predicted molar refractivity (Wildman–Crippen MR) is 93.8 cm³/mol. The van der Waals surface area contributed by atoms with Gasteiger partial charge in [0.15, 0.2) is 0 Å². The van der Waals surface area contributed by atoms with Gasteiger partial charge < -0.3 is 25.2 Å². The van der Waals surface area contributed by atoms with Gasteiger partial charge in [0.05, 0.1) is 24.7 Å². The number of carbonyl (C=O) groups excluding carboxylic acids is 3. The van der Waals surface area contributed by atoms with Gasteiger partial charge in [-0.2, -0.15) is 0 Å². The maximum Gasteiger partial charge on any atom is 0.253 e. The van der Waals surface area contributed by atoms with E-state index < -0.39 is 0 Å². The Labute approximate surface area is 147 Å². The van der Waals surface area contributed by atoms with Crippen LogP contribution >= 0.6 is 0 Å². The molecule has 25 heavy (non-hydrogen) atoms. The first-order valence-corrected chi connectivity index (χ1v) is 8.02. The van der Waals surface area contributed by atoms with Gasteiger partial charge in [0, 0.05) is 33.8 Å². The second kappa shape index (κ2) is 7.87. The normalized spacial score (nSPS) is 15.7. The Morgan fingerprint density at radius 3 is 2.64 bits per heavy atom. The third kappa shape index (κ3) is 4.40.